The molecule has 1 aromatic rings. The second-order valence-corrected chi connectivity index (χ2v) is 4.35. The van der Waals surface area contributed by atoms with Gasteiger partial charge in [0.2, 0.25) is 0 Å². The number of benzene rings is 1. The fourth-order valence-corrected chi connectivity index (χ4v) is 2.00. The smallest absolute Gasteiger partial charge is 0.276 e. The van der Waals surface area contributed by atoms with E-state index in [-0.39, 0.29) is 5.91 Å². The maximum absolute atomic E-state index is 12.1. The van der Waals surface area contributed by atoms with Crippen molar-refractivity contribution in [3.63, 3.8) is 0 Å². The van der Waals surface area contributed by atoms with Gasteiger partial charge >= 0.3 is 0 Å². The summed E-state index contributed by atoms with van der Waals surface area (Å²) in [6.45, 7) is 4.01. The van der Waals surface area contributed by atoms with Crippen LogP contribution in [0.3, 0.4) is 0 Å². The molecule has 1 aliphatic heterocycles. The van der Waals surface area contributed by atoms with E-state index < -0.39 is 0 Å². The van der Waals surface area contributed by atoms with Gasteiger partial charge in [-0.15, -0.1) is 6.58 Å². The number of nitrogens with zero attached hydrogens (tertiary/aromatic N) is 1. The lowest BCUT2D eigenvalue weighted by molar-refractivity contribution is -0.122. The van der Waals surface area contributed by atoms with Gasteiger partial charge in [0.1, 0.15) is 11.4 Å². The van der Waals surface area contributed by atoms with Gasteiger partial charge in [0.25, 0.3) is 5.91 Å². The lowest BCUT2D eigenvalue weighted by Gasteiger charge is -2.09. The number of amides is 1. The van der Waals surface area contributed by atoms with Crippen LogP contribution in [0, 0.1) is 0 Å². The number of thiocarbonyl (C=S) groups is 1. The molecule has 4 nitrogen and oxygen atoms in total. The zero-order chi connectivity index (χ0) is 13.8. The molecular weight excluding hydrogens is 260 g/mol. The Balaban J connectivity index is 2.21. The van der Waals surface area contributed by atoms with Crippen LogP contribution in [-0.4, -0.2) is 29.6 Å². The first-order chi connectivity index (χ1) is 9.15. The van der Waals surface area contributed by atoms with Crippen LogP contribution in [0.15, 0.2) is 42.6 Å². The van der Waals surface area contributed by atoms with Gasteiger partial charge in [-0.3, -0.25) is 9.69 Å². The largest absolute Gasteiger partial charge is 0.497 e. The van der Waals surface area contributed by atoms with Gasteiger partial charge in [0, 0.05) is 6.54 Å². The maximum atomic E-state index is 12.1. The molecule has 0 atom stereocenters. The molecule has 1 saturated heterocycles. The monoisotopic (exact) mass is 274 g/mol. The average molecular weight is 274 g/mol. The van der Waals surface area contributed by atoms with E-state index in [2.05, 4.69) is 11.9 Å². The third kappa shape index (κ3) is 2.82. The van der Waals surface area contributed by atoms with Gasteiger partial charge in [-0.25, -0.2) is 0 Å². The van der Waals surface area contributed by atoms with Crippen molar-refractivity contribution in [3.05, 3.63) is 48.2 Å². The first-order valence-electron chi connectivity index (χ1n) is 5.75. The minimum Gasteiger partial charge on any atom is -0.497 e. The second-order valence-electron chi connectivity index (χ2n) is 3.97. The molecule has 19 heavy (non-hydrogen) atoms. The molecular formula is C14H14N2O2S. The predicted molar refractivity (Wildman–Crippen MR) is 78.6 cm³/mol. The zero-order valence-electron chi connectivity index (χ0n) is 10.6. The number of hydrogen-bond acceptors (Lipinski definition) is 3. The number of hydrogen-bond donors (Lipinski definition) is 1. The standard InChI is InChI=1S/C14H14N2O2S/c1-3-8-16-13(17)12(15-14(16)19)9-10-4-6-11(18-2)7-5-10/h3-7,9H,1,8H2,2H3,(H,15,19)/b12-9-. The Morgan fingerprint density at radius 3 is 2.68 bits per heavy atom. The molecule has 1 aromatic carbocycles. The highest BCUT2D eigenvalue weighted by Gasteiger charge is 2.29. The topological polar surface area (TPSA) is 41.6 Å². The normalized spacial score (nSPS) is 16.7. The Labute approximate surface area is 117 Å². The van der Waals surface area contributed by atoms with Gasteiger partial charge in [0.05, 0.1) is 7.11 Å². The molecule has 0 aliphatic carbocycles. The van der Waals surface area contributed by atoms with Crippen LogP contribution >= 0.6 is 12.2 Å². The Kier molecular flexibility index (Phi) is 3.97. The third-order valence-corrected chi connectivity index (χ3v) is 3.02. The van der Waals surface area contributed by atoms with Crippen molar-refractivity contribution in [3.8, 4) is 5.75 Å². The van der Waals surface area contributed by atoms with Gasteiger partial charge in [0.15, 0.2) is 5.11 Å². The molecule has 1 heterocycles. The number of methoxy groups -OCH3 is 1. The van der Waals surface area contributed by atoms with Crippen molar-refractivity contribution in [1.29, 1.82) is 0 Å². The van der Waals surface area contributed by atoms with Crippen LogP contribution in [0.2, 0.25) is 0 Å². The van der Waals surface area contributed by atoms with E-state index in [9.17, 15) is 4.79 Å². The third-order valence-electron chi connectivity index (χ3n) is 2.70. The van der Waals surface area contributed by atoms with Crippen molar-refractivity contribution in [1.82, 2.24) is 10.2 Å². The Morgan fingerprint density at radius 1 is 1.42 bits per heavy atom. The molecule has 1 amide bonds. The summed E-state index contributed by atoms with van der Waals surface area (Å²) in [6.07, 6.45) is 3.40. The molecule has 0 aromatic heterocycles. The second kappa shape index (κ2) is 5.67. The molecule has 0 spiro atoms. The molecule has 1 N–H and O–H groups in total. The molecule has 2 rings (SSSR count). The van der Waals surface area contributed by atoms with Gasteiger partial charge in [-0.2, -0.15) is 0 Å². The average Bonchev–Trinajstić information content (AvgIpc) is 2.68. The molecule has 0 unspecified atom stereocenters. The van der Waals surface area contributed by atoms with E-state index >= 15 is 0 Å². The fourth-order valence-electron chi connectivity index (χ4n) is 1.73. The van der Waals surface area contributed by atoms with Crippen molar-refractivity contribution in [2.75, 3.05) is 13.7 Å². The highest BCUT2D eigenvalue weighted by Crippen LogP contribution is 2.16. The summed E-state index contributed by atoms with van der Waals surface area (Å²) in [6, 6.07) is 7.43. The van der Waals surface area contributed by atoms with E-state index in [0.29, 0.717) is 17.4 Å². The number of carbonyl (C=O) groups is 1. The Hall–Kier alpha value is -2.14. The first kappa shape index (κ1) is 13.3. The van der Waals surface area contributed by atoms with Crippen LogP contribution in [0.1, 0.15) is 5.56 Å². The summed E-state index contributed by atoms with van der Waals surface area (Å²) < 4.78 is 5.08. The predicted octanol–water partition coefficient (Wildman–Crippen LogP) is 1.94. The van der Waals surface area contributed by atoms with Crippen molar-refractivity contribution in [2.45, 2.75) is 0 Å². The lowest BCUT2D eigenvalue weighted by atomic mass is 10.2. The van der Waals surface area contributed by atoms with Crippen LogP contribution < -0.4 is 10.1 Å². The lowest BCUT2D eigenvalue weighted by Crippen LogP contribution is -2.30. The quantitative estimate of drug-likeness (QED) is 0.517. The van der Waals surface area contributed by atoms with Crippen molar-refractivity contribution >= 4 is 29.3 Å². The van der Waals surface area contributed by atoms with Gasteiger partial charge < -0.3 is 10.1 Å². The number of carbonyl (C=O) groups excluding carboxylic acids is 1. The zero-order valence-corrected chi connectivity index (χ0v) is 11.4. The molecule has 0 radical (unpaired) electrons. The minimum atomic E-state index is -0.138. The van der Waals surface area contributed by atoms with Gasteiger partial charge in [-0.05, 0) is 36.0 Å². The number of nitrogens with one attached hydrogen (secondary N) is 1. The highest BCUT2D eigenvalue weighted by molar-refractivity contribution is 7.80. The van der Waals surface area contributed by atoms with Crippen molar-refractivity contribution in [2.24, 2.45) is 0 Å². The van der Waals surface area contributed by atoms with E-state index in [1.807, 2.05) is 24.3 Å². The molecule has 0 bridgehead atoms. The summed E-state index contributed by atoms with van der Waals surface area (Å²) in [5.41, 5.74) is 1.37. The summed E-state index contributed by atoms with van der Waals surface area (Å²) in [5, 5.41) is 3.31. The highest BCUT2D eigenvalue weighted by atomic mass is 32.1. The van der Waals surface area contributed by atoms with Gasteiger partial charge in [-0.1, -0.05) is 18.2 Å². The Bertz CT molecular complexity index is 549. The summed E-state index contributed by atoms with van der Waals surface area (Å²) in [4.78, 5) is 13.5. The van der Waals surface area contributed by atoms with Crippen LogP contribution in [-0.2, 0) is 4.79 Å². The SMILES string of the molecule is C=CCN1C(=O)/C(=C/c2ccc(OC)cc2)NC1=S. The van der Waals surface area contributed by atoms with E-state index in [4.69, 9.17) is 17.0 Å². The van der Waals surface area contributed by atoms with E-state index in [1.165, 1.54) is 4.90 Å². The summed E-state index contributed by atoms with van der Waals surface area (Å²) in [7, 11) is 1.61. The number of rotatable bonds is 4. The summed E-state index contributed by atoms with van der Waals surface area (Å²) in [5.74, 6) is 0.636. The summed E-state index contributed by atoms with van der Waals surface area (Å²) >= 11 is 5.10. The molecule has 0 saturated carbocycles. The van der Waals surface area contributed by atoms with Crippen LogP contribution in [0.5, 0.6) is 5.75 Å². The first-order valence-corrected chi connectivity index (χ1v) is 6.16. The van der Waals surface area contributed by atoms with Crippen LogP contribution in [0.25, 0.3) is 6.08 Å². The van der Waals surface area contributed by atoms with Crippen molar-refractivity contribution < 1.29 is 9.53 Å². The molecule has 1 aliphatic rings. The van der Waals surface area contributed by atoms with Crippen LogP contribution in [0.4, 0.5) is 0 Å². The molecule has 5 heteroatoms. The number of ether oxygens (including phenoxy) is 1. The van der Waals surface area contributed by atoms with E-state index in [1.54, 1.807) is 19.3 Å². The molecule has 98 valence electrons. The fraction of sp³-hybridized carbons (Fsp3) is 0.143. The van der Waals surface area contributed by atoms with E-state index in [0.717, 1.165) is 11.3 Å². The Morgan fingerprint density at radius 2 is 2.11 bits per heavy atom. The maximum Gasteiger partial charge on any atom is 0.276 e. The molecule has 1 fully saturated rings. The minimum absolute atomic E-state index is 0.138.